The number of nitrogens with zero attached hydrogens (tertiary/aromatic N) is 2. The van der Waals surface area contributed by atoms with Crippen LogP contribution in [0.15, 0.2) is 72.8 Å². The normalized spacial score (nSPS) is 12.1. The maximum Gasteiger partial charge on any atom is 0.251 e. The van der Waals surface area contributed by atoms with Gasteiger partial charge in [-0.15, -0.1) is 0 Å². The average molecular weight is 412 g/mol. The Morgan fingerprint density at radius 1 is 1.03 bits per heavy atom. The van der Waals surface area contributed by atoms with Crippen molar-refractivity contribution in [2.24, 2.45) is 0 Å². The third-order valence-corrected chi connectivity index (χ3v) is 5.92. The van der Waals surface area contributed by atoms with Crippen molar-refractivity contribution in [3.63, 3.8) is 0 Å². The van der Waals surface area contributed by atoms with Crippen LogP contribution in [0.4, 0.5) is 0 Å². The van der Waals surface area contributed by atoms with Crippen molar-refractivity contribution in [1.82, 2.24) is 14.9 Å². The highest BCUT2D eigenvalue weighted by Crippen LogP contribution is 2.21. The van der Waals surface area contributed by atoms with Gasteiger partial charge in [-0.3, -0.25) is 4.79 Å². The molecule has 1 amide bonds. The summed E-state index contributed by atoms with van der Waals surface area (Å²) in [6, 6.07) is 24.6. The number of hydrogen-bond donors (Lipinski definition) is 1. The van der Waals surface area contributed by atoms with Crippen molar-refractivity contribution in [1.29, 1.82) is 0 Å². The van der Waals surface area contributed by atoms with Gasteiger partial charge >= 0.3 is 0 Å². The molecule has 4 rings (SSSR count). The lowest BCUT2D eigenvalue weighted by atomic mass is 9.98. The molecule has 0 aliphatic carbocycles. The van der Waals surface area contributed by atoms with Crippen LogP contribution >= 0.6 is 0 Å². The second-order valence-corrected chi connectivity index (χ2v) is 8.21. The molecule has 0 spiro atoms. The van der Waals surface area contributed by atoms with Crippen molar-refractivity contribution in [3.05, 3.63) is 101 Å². The summed E-state index contributed by atoms with van der Waals surface area (Å²) < 4.78 is 2.20. The van der Waals surface area contributed by atoms with E-state index in [9.17, 15) is 4.79 Å². The fourth-order valence-corrected chi connectivity index (χ4v) is 3.85. The standard InChI is InChI=1S/C27H29N3O/c1-4-20(3)22-14-12-21(13-15-22)18-30-25-11-6-5-10-24(25)29-26(30)17-28-27(31)23-9-7-8-19(2)16-23/h5-16,20H,4,17-18H2,1-3H3,(H,28,31). The van der Waals surface area contributed by atoms with Gasteiger partial charge < -0.3 is 9.88 Å². The summed E-state index contributed by atoms with van der Waals surface area (Å²) in [6.45, 7) is 7.56. The topological polar surface area (TPSA) is 46.9 Å². The summed E-state index contributed by atoms with van der Waals surface area (Å²) in [5.74, 6) is 1.34. The molecule has 1 N–H and O–H groups in total. The Morgan fingerprint density at radius 2 is 1.81 bits per heavy atom. The van der Waals surface area contributed by atoms with Gasteiger partial charge in [-0.25, -0.2) is 4.98 Å². The quantitative estimate of drug-likeness (QED) is 0.415. The van der Waals surface area contributed by atoms with Crippen LogP contribution in [-0.2, 0) is 13.1 Å². The summed E-state index contributed by atoms with van der Waals surface area (Å²) >= 11 is 0. The van der Waals surface area contributed by atoms with Crippen molar-refractivity contribution in [2.45, 2.75) is 46.2 Å². The summed E-state index contributed by atoms with van der Waals surface area (Å²) in [5, 5.41) is 3.04. The summed E-state index contributed by atoms with van der Waals surface area (Å²) in [6.07, 6.45) is 1.14. The lowest BCUT2D eigenvalue weighted by Crippen LogP contribution is -2.25. The summed E-state index contributed by atoms with van der Waals surface area (Å²) in [7, 11) is 0. The maximum absolute atomic E-state index is 12.6. The Hall–Kier alpha value is -3.40. The molecule has 1 aromatic heterocycles. The van der Waals surface area contributed by atoms with E-state index in [0.29, 0.717) is 18.0 Å². The molecular weight excluding hydrogens is 382 g/mol. The minimum absolute atomic E-state index is 0.0831. The van der Waals surface area contributed by atoms with E-state index in [0.717, 1.165) is 35.4 Å². The molecular formula is C27H29N3O. The number of fused-ring (bicyclic) bond motifs is 1. The van der Waals surface area contributed by atoms with E-state index in [2.05, 4.69) is 54.1 Å². The van der Waals surface area contributed by atoms with Gasteiger partial charge in [0.05, 0.1) is 17.6 Å². The van der Waals surface area contributed by atoms with Crippen LogP contribution in [0, 0.1) is 6.92 Å². The van der Waals surface area contributed by atoms with E-state index in [1.165, 1.54) is 11.1 Å². The summed E-state index contributed by atoms with van der Waals surface area (Å²) in [5.41, 5.74) is 6.35. The Balaban J connectivity index is 1.58. The molecule has 0 saturated carbocycles. The molecule has 4 aromatic rings. The number of hydrogen-bond acceptors (Lipinski definition) is 2. The molecule has 1 atom stereocenters. The van der Waals surface area contributed by atoms with Crippen LogP contribution in [0.2, 0.25) is 0 Å². The van der Waals surface area contributed by atoms with Crippen LogP contribution in [-0.4, -0.2) is 15.5 Å². The minimum Gasteiger partial charge on any atom is -0.345 e. The monoisotopic (exact) mass is 411 g/mol. The van der Waals surface area contributed by atoms with E-state index in [1.807, 2.05) is 49.4 Å². The zero-order valence-corrected chi connectivity index (χ0v) is 18.4. The first-order valence-corrected chi connectivity index (χ1v) is 10.9. The Labute approximate surface area is 183 Å². The number of carbonyl (C=O) groups excluding carboxylic acids is 1. The molecule has 1 unspecified atom stereocenters. The third kappa shape index (κ3) is 4.69. The van der Waals surface area contributed by atoms with Gasteiger partial charge in [0.2, 0.25) is 0 Å². The van der Waals surface area contributed by atoms with Crippen LogP contribution < -0.4 is 5.32 Å². The number of benzene rings is 3. The number of para-hydroxylation sites is 2. The molecule has 1 heterocycles. The van der Waals surface area contributed by atoms with Crippen LogP contribution in [0.5, 0.6) is 0 Å². The fourth-order valence-electron chi connectivity index (χ4n) is 3.85. The van der Waals surface area contributed by atoms with Crippen molar-refractivity contribution in [2.75, 3.05) is 0 Å². The van der Waals surface area contributed by atoms with Gasteiger partial charge in [-0.05, 0) is 54.7 Å². The lowest BCUT2D eigenvalue weighted by molar-refractivity contribution is 0.0949. The molecule has 0 fully saturated rings. The first-order chi connectivity index (χ1) is 15.0. The van der Waals surface area contributed by atoms with E-state index in [-0.39, 0.29) is 5.91 Å². The van der Waals surface area contributed by atoms with E-state index < -0.39 is 0 Å². The Kier molecular flexibility index (Phi) is 6.17. The van der Waals surface area contributed by atoms with E-state index in [1.54, 1.807) is 0 Å². The average Bonchev–Trinajstić information content (AvgIpc) is 3.14. The Bertz CT molecular complexity index is 1190. The van der Waals surface area contributed by atoms with Crippen LogP contribution in [0.25, 0.3) is 11.0 Å². The first kappa shape index (κ1) is 20.9. The SMILES string of the molecule is CCC(C)c1ccc(Cn2c(CNC(=O)c3cccc(C)c3)nc3ccccc32)cc1. The highest BCUT2D eigenvalue weighted by Gasteiger charge is 2.13. The largest absolute Gasteiger partial charge is 0.345 e. The molecule has 0 aliphatic rings. The zero-order valence-electron chi connectivity index (χ0n) is 18.4. The Morgan fingerprint density at radius 3 is 2.55 bits per heavy atom. The summed E-state index contributed by atoms with van der Waals surface area (Å²) in [4.78, 5) is 17.4. The number of imidazole rings is 1. The van der Waals surface area contributed by atoms with Crippen LogP contribution in [0.1, 0.15) is 59.1 Å². The number of aryl methyl sites for hydroxylation is 1. The van der Waals surface area contributed by atoms with E-state index >= 15 is 0 Å². The van der Waals surface area contributed by atoms with Gasteiger partial charge in [-0.1, -0.05) is 67.9 Å². The second-order valence-electron chi connectivity index (χ2n) is 8.21. The lowest BCUT2D eigenvalue weighted by Gasteiger charge is -2.13. The first-order valence-electron chi connectivity index (χ1n) is 10.9. The predicted molar refractivity (Wildman–Crippen MR) is 126 cm³/mol. The minimum atomic E-state index is -0.0831. The van der Waals surface area contributed by atoms with E-state index in [4.69, 9.17) is 4.98 Å². The molecule has 31 heavy (non-hydrogen) atoms. The van der Waals surface area contributed by atoms with Crippen molar-refractivity contribution >= 4 is 16.9 Å². The zero-order chi connectivity index (χ0) is 21.8. The highest BCUT2D eigenvalue weighted by molar-refractivity contribution is 5.94. The fraction of sp³-hybridized carbons (Fsp3) is 0.259. The van der Waals surface area contributed by atoms with Gasteiger partial charge in [-0.2, -0.15) is 0 Å². The van der Waals surface area contributed by atoms with Gasteiger partial charge in [0.1, 0.15) is 5.82 Å². The van der Waals surface area contributed by atoms with Gasteiger partial charge in [0, 0.05) is 12.1 Å². The second kappa shape index (κ2) is 9.17. The van der Waals surface area contributed by atoms with Crippen molar-refractivity contribution in [3.8, 4) is 0 Å². The molecule has 4 heteroatoms. The third-order valence-electron chi connectivity index (χ3n) is 5.92. The number of amides is 1. The molecule has 0 bridgehead atoms. The highest BCUT2D eigenvalue weighted by atomic mass is 16.1. The van der Waals surface area contributed by atoms with Crippen molar-refractivity contribution < 1.29 is 4.79 Å². The number of aromatic nitrogens is 2. The molecule has 4 nitrogen and oxygen atoms in total. The van der Waals surface area contributed by atoms with Crippen LogP contribution in [0.3, 0.4) is 0 Å². The molecule has 158 valence electrons. The number of carbonyl (C=O) groups is 1. The van der Waals surface area contributed by atoms with Gasteiger partial charge in [0.15, 0.2) is 0 Å². The number of nitrogens with one attached hydrogen (secondary N) is 1. The smallest absolute Gasteiger partial charge is 0.251 e. The molecule has 0 aliphatic heterocycles. The molecule has 0 radical (unpaired) electrons. The molecule has 0 saturated heterocycles. The number of rotatable bonds is 7. The van der Waals surface area contributed by atoms with Gasteiger partial charge in [0.25, 0.3) is 5.91 Å². The predicted octanol–water partition coefficient (Wildman–Crippen LogP) is 5.84. The molecule has 3 aromatic carbocycles. The maximum atomic E-state index is 12.6.